The lowest BCUT2D eigenvalue weighted by molar-refractivity contribution is 0.403. The van der Waals surface area contributed by atoms with Crippen molar-refractivity contribution in [2.75, 3.05) is 0 Å². The number of fused-ring (bicyclic) bond motifs is 3. The van der Waals surface area contributed by atoms with Crippen molar-refractivity contribution >= 4 is 21.9 Å². The van der Waals surface area contributed by atoms with Crippen LogP contribution in [0.15, 0.2) is 53.6 Å². The molecule has 0 fully saturated rings. The molecule has 4 rings (SSSR count). The molecule has 2 heterocycles. The second-order valence-corrected chi connectivity index (χ2v) is 6.09. The molecule has 2 aromatic heterocycles. The number of benzene rings is 2. The molecule has 0 bridgehead atoms. The number of phenols is 2. The molecule has 2 aromatic carbocycles. The van der Waals surface area contributed by atoms with Gasteiger partial charge in [0.1, 0.15) is 11.0 Å². The first-order valence-corrected chi connectivity index (χ1v) is 7.99. The van der Waals surface area contributed by atoms with Crippen LogP contribution in [0.5, 0.6) is 11.5 Å². The van der Waals surface area contributed by atoms with E-state index < -0.39 is 0 Å². The van der Waals surface area contributed by atoms with Gasteiger partial charge < -0.3 is 14.8 Å². The first kappa shape index (κ1) is 15.3. The fourth-order valence-corrected chi connectivity index (χ4v) is 3.20. The maximum Gasteiger partial charge on any atom is 0.277 e. The van der Waals surface area contributed by atoms with E-state index in [9.17, 15) is 15.0 Å². The highest BCUT2D eigenvalue weighted by Gasteiger charge is 2.13. The molecule has 0 atom stereocenters. The van der Waals surface area contributed by atoms with Gasteiger partial charge in [-0.3, -0.25) is 9.36 Å². The maximum absolute atomic E-state index is 12.9. The summed E-state index contributed by atoms with van der Waals surface area (Å²) in [4.78, 5) is 17.4. The first-order valence-electron chi connectivity index (χ1n) is 7.99. The van der Waals surface area contributed by atoms with Crippen LogP contribution in [0, 0.1) is 0 Å². The van der Waals surface area contributed by atoms with Crippen molar-refractivity contribution in [3.05, 3.63) is 64.7 Å². The quantitative estimate of drug-likeness (QED) is 0.564. The fraction of sp³-hybridized carbons (Fsp3) is 0.158. The minimum atomic E-state index is -0.160. The molecular formula is C19H17N3O3. The van der Waals surface area contributed by atoms with Crippen molar-refractivity contribution in [1.29, 1.82) is 0 Å². The molecule has 0 saturated heterocycles. The minimum Gasteiger partial charge on any atom is -0.504 e. The van der Waals surface area contributed by atoms with Crippen LogP contribution in [0.1, 0.15) is 5.56 Å². The molecule has 4 aromatic rings. The monoisotopic (exact) mass is 335 g/mol. The Morgan fingerprint density at radius 1 is 1.08 bits per heavy atom. The lowest BCUT2D eigenvalue weighted by Crippen LogP contribution is -2.22. The van der Waals surface area contributed by atoms with E-state index in [1.165, 1.54) is 12.1 Å². The Balaban J connectivity index is 1.74. The van der Waals surface area contributed by atoms with E-state index in [0.717, 1.165) is 16.5 Å². The number of para-hydroxylation sites is 1. The number of phenolic OH excluding ortho intramolecular Hbond substituents is 2. The lowest BCUT2D eigenvalue weighted by atomic mass is 10.1. The molecule has 0 spiro atoms. The Labute approximate surface area is 143 Å². The van der Waals surface area contributed by atoms with Crippen LogP contribution in [0.4, 0.5) is 0 Å². The molecule has 0 unspecified atom stereocenters. The van der Waals surface area contributed by atoms with Crippen molar-refractivity contribution in [2.24, 2.45) is 7.05 Å². The van der Waals surface area contributed by atoms with Gasteiger partial charge in [0, 0.05) is 19.0 Å². The number of rotatable bonds is 3. The van der Waals surface area contributed by atoms with Crippen LogP contribution in [-0.2, 0) is 20.0 Å². The SMILES string of the molecule is Cn1c2ccccc2c2ncn(CCc3ccc(O)c(O)c3)c(=O)c21. The number of hydrogen-bond donors (Lipinski definition) is 2. The normalized spacial score (nSPS) is 11.4. The molecule has 6 nitrogen and oxygen atoms in total. The van der Waals surface area contributed by atoms with Gasteiger partial charge in [0.2, 0.25) is 0 Å². The summed E-state index contributed by atoms with van der Waals surface area (Å²) in [5.74, 6) is -0.313. The van der Waals surface area contributed by atoms with Gasteiger partial charge in [-0.1, -0.05) is 24.3 Å². The minimum absolute atomic E-state index is 0.0910. The number of hydrogen-bond acceptors (Lipinski definition) is 4. The van der Waals surface area contributed by atoms with Gasteiger partial charge in [-0.2, -0.15) is 0 Å². The summed E-state index contributed by atoms with van der Waals surface area (Å²) in [6.45, 7) is 0.438. The van der Waals surface area contributed by atoms with Crippen molar-refractivity contribution in [1.82, 2.24) is 14.1 Å². The van der Waals surface area contributed by atoms with Crippen molar-refractivity contribution < 1.29 is 10.2 Å². The Hall–Kier alpha value is -3.28. The topological polar surface area (TPSA) is 80.3 Å². The lowest BCUT2D eigenvalue weighted by Gasteiger charge is -2.07. The van der Waals surface area contributed by atoms with Crippen LogP contribution in [-0.4, -0.2) is 24.3 Å². The Morgan fingerprint density at radius 2 is 1.88 bits per heavy atom. The molecule has 0 saturated carbocycles. The molecule has 0 aliphatic carbocycles. The third-order valence-corrected chi connectivity index (χ3v) is 4.55. The Morgan fingerprint density at radius 3 is 2.68 bits per heavy atom. The molecule has 0 amide bonds. The van der Waals surface area contributed by atoms with Gasteiger partial charge in [0.15, 0.2) is 11.5 Å². The zero-order valence-electron chi connectivity index (χ0n) is 13.7. The average molecular weight is 335 g/mol. The predicted octanol–water partition coefficient (Wildman–Crippen LogP) is 2.54. The summed E-state index contributed by atoms with van der Waals surface area (Å²) in [6.07, 6.45) is 2.11. The van der Waals surface area contributed by atoms with E-state index in [4.69, 9.17) is 0 Å². The molecule has 25 heavy (non-hydrogen) atoms. The molecule has 126 valence electrons. The largest absolute Gasteiger partial charge is 0.504 e. The van der Waals surface area contributed by atoms with Crippen LogP contribution in [0.3, 0.4) is 0 Å². The third kappa shape index (κ3) is 2.42. The van der Waals surface area contributed by atoms with Gasteiger partial charge in [0.25, 0.3) is 5.56 Å². The van der Waals surface area contributed by atoms with Crippen LogP contribution in [0.25, 0.3) is 21.9 Å². The van der Waals surface area contributed by atoms with E-state index >= 15 is 0 Å². The number of aryl methyl sites for hydroxylation is 3. The zero-order valence-corrected chi connectivity index (χ0v) is 13.7. The van der Waals surface area contributed by atoms with Gasteiger partial charge in [-0.15, -0.1) is 0 Å². The molecular weight excluding hydrogens is 318 g/mol. The first-order chi connectivity index (χ1) is 12.1. The smallest absolute Gasteiger partial charge is 0.277 e. The number of nitrogens with zero attached hydrogens (tertiary/aromatic N) is 3. The van der Waals surface area contributed by atoms with Crippen molar-refractivity contribution in [2.45, 2.75) is 13.0 Å². The van der Waals surface area contributed by atoms with Crippen LogP contribution >= 0.6 is 0 Å². The number of aromatic nitrogens is 3. The highest BCUT2D eigenvalue weighted by Crippen LogP contribution is 2.25. The summed E-state index contributed by atoms with van der Waals surface area (Å²) in [6, 6.07) is 12.5. The Bertz CT molecular complexity index is 1160. The number of aromatic hydroxyl groups is 2. The maximum atomic E-state index is 12.9. The highest BCUT2D eigenvalue weighted by molar-refractivity contribution is 6.05. The van der Waals surface area contributed by atoms with Gasteiger partial charge in [-0.25, -0.2) is 4.98 Å². The standard InChI is InChI=1S/C19H17N3O3/c1-21-14-5-3-2-4-13(14)17-18(21)19(25)22(11-20-17)9-8-12-6-7-15(23)16(24)10-12/h2-7,10-11,23-24H,8-9H2,1H3. The van der Waals surface area contributed by atoms with Gasteiger partial charge >= 0.3 is 0 Å². The molecule has 0 aliphatic rings. The summed E-state index contributed by atoms with van der Waals surface area (Å²) in [5.41, 5.74) is 3.01. The summed E-state index contributed by atoms with van der Waals surface area (Å²) < 4.78 is 3.45. The second-order valence-electron chi connectivity index (χ2n) is 6.09. The van der Waals surface area contributed by atoms with Crippen molar-refractivity contribution in [3.8, 4) is 11.5 Å². The third-order valence-electron chi connectivity index (χ3n) is 4.55. The summed E-state index contributed by atoms with van der Waals surface area (Å²) in [5, 5.41) is 19.9. The fourth-order valence-electron chi connectivity index (χ4n) is 3.20. The van der Waals surface area contributed by atoms with Crippen molar-refractivity contribution in [3.63, 3.8) is 0 Å². The predicted molar refractivity (Wildman–Crippen MR) is 96.0 cm³/mol. The Kier molecular flexibility index (Phi) is 3.46. The van der Waals surface area contributed by atoms with E-state index in [1.807, 2.05) is 35.9 Å². The van der Waals surface area contributed by atoms with E-state index in [1.54, 1.807) is 17.0 Å². The molecule has 2 N–H and O–H groups in total. The molecule has 6 heteroatoms. The van der Waals surface area contributed by atoms with E-state index in [2.05, 4.69) is 4.98 Å². The van der Waals surface area contributed by atoms with Gasteiger partial charge in [-0.05, 0) is 30.2 Å². The second kappa shape index (κ2) is 5.66. The molecule has 0 radical (unpaired) electrons. The molecule has 0 aliphatic heterocycles. The van der Waals surface area contributed by atoms with Crippen LogP contribution < -0.4 is 5.56 Å². The highest BCUT2D eigenvalue weighted by atomic mass is 16.3. The average Bonchev–Trinajstić information content (AvgIpc) is 2.91. The summed E-state index contributed by atoms with van der Waals surface area (Å²) >= 11 is 0. The summed E-state index contributed by atoms with van der Waals surface area (Å²) in [7, 11) is 1.87. The van der Waals surface area contributed by atoms with E-state index in [-0.39, 0.29) is 17.1 Å². The van der Waals surface area contributed by atoms with Gasteiger partial charge in [0.05, 0.1) is 11.8 Å². The van der Waals surface area contributed by atoms with Crippen LogP contribution in [0.2, 0.25) is 0 Å². The van der Waals surface area contributed by atoms with E-state index in [0.29, 0.717) is 24.0 Å². The zero-order chi connectivity index (χ0) is 17.6.